The minimum absolute atomic E-state index is 0.170. The van der Waals surface area contributed by atoms with Crippen molar-refractivity contribution in [1.82, 2.24) is 9.21 Å². The molecule has 1 atom stereocenters. The molecule has 2 aliphatic heterocycles. The quantitative estimate of drug-likeness (QED) is 0.789. The number of nitrogens with zero attached hydrogens (tertiary/aromatic N) is 2. The van der Waals surface area contributed by atoms with E-state index in [1.165, 1.54) is 0 Å². The van der Waals surface area contributed by atoms with E-state index in [1.54, 1.807) is 9.21 Å². The van der Waals surface area contributed by atoms with Crippen molar-refractivity contribution in [2.75, 3.05) is 26.2 Å². The molecule has 0 bridgehead atoms. The van der Waals surface area contributed by atoms with Crippen molar-refractivity contribution in [3.63, 3.8) is 0 Å². The summed E-state index contributed by atoms with van der Waals surface area (Å²) in [6.07, 6.45) is 6.02. The average molecular weight is 316 g/mol. The fourth-order valence-electron chi connectivity index (χ4n) is 3.19. The third-order valence-corrected chi connectivity index (χ3v) is 7.06. The molecule has 3 aliphatic rings. The van der Waals surface area contributed by atoms with E-state index >= 15 is 0 Å². The van der Waals surface area contributed by atoms with Crippen molar-refractivity contribution >= 4 is 16.1 Å². The summed E-state index contributed by atoms with van der Waals surface area (Å²) in [6, 6.07) is -0.170. The predicted molar refractivity (Wildman–Crippen MR) is 78.4 cm³/mol. The fraction of sp³-hybridized carbons (Fsp3) is 0.929. The Morgan fingerprint density at radius 3 is 2.33 bits per heavy atom. The largest absolute Gasteiger partial charge is 0.448 e. The number of carbonyl (C=O) groups is 1. The molecule has 1 amide bonds. The highest BCUT2D eigenvalue weighted by molar-refractivity contribution is 7.90. The van der Waals surface area contributed by atoms with Crippen LogP contribution in [0.1, 0.15) is 44.9 Å². The summed E-state index contributed by atoms with van der Waals surface area (Å²) in [7, 11) is -3.18. The zero-order chi connectivity index (χ0) is 14.9. The molecule has 6 nitrogen and oxygen atoms in total. The molecule has 1 saturated carbocycles. The van der Waals surface area contributed by atoms with Gasteiger partial charge < -0.3 is 9.64 Å². The zero-order valence-electron chi connectivity index (χ0n) is 12.4. The minimum atomic E-state index is -3.18. The SMILES string of the molecule is O=C(OC[C@@H]1CCCCN1S(=O)(=O)C1CC1)N1CCCC1. The number of ether oxygens (including phenoxy) is 1. The fourth-order valence-corrected chi connectivity index (χ4v) is 5.27. The maximum Gasteiger partial charge on any atom is 0.409 e. The lowest BCUT2D eigenvalue weighted by molar-refractivity contribution is 0.0798. The van der Waals surface area contributed by atoms with E-state index in [1.807, 2.05) is 0 Å². The van der Waals surface area contributed by atoms with Crippen LogP contribution in [0.3, 0.4) is 0 Å². The number of hydrogen-bond acceptors (Lipinski definition) is 4. The minimum Gasteiger partial charge on any atom is -0.448 e. The Morgan fingerprint density at radius 1 is 1.00 bits per heavy atom. The molecule has 2 saturated heterocycles. The molecule has 0 aromatic rings. The molecular formula is C14H24N2O4S. The molecule has 0 radical (unpaired) electrons. The number of piperidine rings is 1. The number of hydrogen-bond donors (Lipinski definition) is 0. The van der Waals surface area contributed by atoms with E-state index in [0.717, 1.165) is 58.0 Å². The molecule has 1 aliphatic carbocycles. The zero-order valence-corrected chi connectivity index (χ0v) is 13.2. The summed E-state index contributed by atoms with van der Waals surface area (Å²) in [6.45, 7) is 2.28. The van der Waals surface area contributed by atoms with Crippen molar-refractivity contribution in [2.45, 2.75) is 56.2 Å². The number of sulfonamides is 1. The monoisotopic (exact) mass is 316 g/mol. The Morgan fingerprint density at radius 2 is 1.67 bits per heavy atom. The molecule has 0 unspecified atom stereocenters. The van der Waals surface area contributed by atoms with Crippen LogP contribution in [0.5, 0.6) is 0 Å². The van der Waals surface area contributed by atoms with Gasteiger partial charge in [-0.2, -0.15) is 4.31 Å². The normalized spacial score (nSPS) is 27.8. The third-order valence-electron chi connectivity index (χ3n) is 4.61. The van der Waals surface area contributed by atoms with Gasteiger partial charge in [-0.3, -0.25) is 0 Å². The maximum absolute atomic E-state index is 12.4. The Labute approximate surface area is 126 Å². The molecular weight excluding hydrogens is 292 g/mol. The lowest BCUT2D eigenvalue weighted by atomic mass is 10.1. The number of likely N-dealkylation sites (tertiary alicyclic amines) is 1. The van der Waals surface area contributed by atoms with Crippen molar-refractivity contribution in [1.29, 1.82) is 0 Å². The predicted octanol–water partition coefficient (Wildman–Crippen LogP) is 1.57. The Bertz CT molecular complexity index is 483. The second kappa shape index (κ2) is 6.12. The third kappa shape index (κ3) is 3.34. The molecule has 0 aromatic heterocycles. The van der Waals surface area contributed by atoms with Crippen LogP contribution in [-0.4, -0.2) is 61.2 Å². The van der Waals surface area contributed by atoms with Crippen LogP contribution in [0.25, 0.3) is 0 Å². The van der Waals surface area contributed by atoms with Gasteiger partial charge in [0.15, 0.2) is 0 Å². The van der Waals surface area contributed by atoms with Crippen LogP contribution >= 0.6 is 0 Å². The molecule has 7 heteroatoms. The highest BCUT2D eigenvalue weighted by Gasteiger charge is 2.43. The number of amides is 1. The summed E-state index contributed by atoms with van der Waals surface area (Å²) in [5.74, 6) is 0. The second-order valence-corrected chi connectivity index (χ2v) is 8.44. The summed E-state index contributed by atoms with van der Waals surface area (Å²) < 4.78 is 31.8. The molecule has 3 fully saturated rings. The Balaban J connectivity index is 1.58. The van der Waals surface area contributed by atoms with Gasteiger partial charge in [-0.25, -0.2) is 13.2 Å². The topological polar surface area (TPSA) is 66.9 Å². The summed E-state index contributed by atoms with van der Waals surface area (Å²) in [5, 5.41) is -0.188. The summed E-state index contributed by atoms with van der Waals surface area (Å²) in [5.41, 5.74) is 0. The van der Waals surface area contributed by atoms with E-state index in [9.17, 15) is 13.2 Å². The Hall–Kier alpha value is -0.820. The van der Waals surface area contributed by atoms with E-state index in [2.05, 4.69) is 0 Å². The van der Waals surface area contributed by atoms with Crippen LogP contribution in [0.15, 0.2) is 0 Å². The molecule has 0 aromatic carbocycles. The van der Waals surface area contributed by atoms with Crippen LogP contribution in [0, 0.1) is 0 Å². The van der Waals surface area contributed by atoms with Gasteiger partial charge >= 0.3 is 6.09 Å². The van der Waals surface area contributed by atoms with Gasteiger partial charge in [-0.1, -0.05) is 6.42 Å². The van der Waals surface area contributed by atoms with Gasteiger partial charge in [0.25, 0.3) is 0 Å². The number of carbonyl (C=O) groups excluding carboxylic acids is 1. The van der Waals surface area contributed by atoms with Crippen LogP contribution in [0.2, 0.25) is 0 Å². The lowest BCUT2D eigenvalue weighted by Gasteiger charge is -2.34. The van der Waals surface area contributed by atoms with Gasteiger partial charge in [0.05, 0.1) is 11.3 Å². The van der Waals surface area contributed by atoms with Crippen molar-refractivity contribution in [3.05, 3.63) is 0 Å². The van der Waals surface area contributed by atoms with E-state index in [4.69, 9.17) is 4.74 Å². The molecule has 0 spiro atoms. The second-order valence-electron chi connectivity index (χ2n) is 6.28. The lowest BCUT2D eigenvalue weighted by Crippen LogP contribution is -2.48. The van der Waals surface area contributed by atoms with E-state index < -0.39 is 10.0 Å². The average Bonchev–Trinajstić information content (AvgIpc) is 3.21. The Kier molecular flexibility index (Phi) is 4.40. The molecule has 2 heterocycles. The van der Waals surface area contributed by atoms with Gasteiger partial charge in [0.2, 0.25) is 10.0 Å². The maximum atomic E-state index is 12.4. The molecule has 120 valence electrons. The first-order valence-electron chi connectivity index (χ1n) is 8.01. The van der Waals surface area contributed by atoms with Gasteiger partial charge in [0, 0.05) is 19.6 Å². The first-order valence-corrected chi connectivity index (χ1v) is 9.52. The van der Waals surface area contributed by atoms with Crippen LogP contribution in [-0.2, 0) is 14.8 Å². The standard InChI is InChI=1S/C14H24N2O4S/c17-14(15-8-3-4-9-15)20-11-12-5-1-2-10-16(12)21(18,19)13-6-7-13/h12-13H,1-11H2/t12-/m0/s1. The van der Waals surface area contributed by atoms with Crippen molar-refractivity contribution in [2.24, 2.45) is 0 Å². The van der Waals surface area contributed by atoms with Crippen LogP contribution < -0.4 is 0 Å². The van der Waals surface area contributed by atoms with Gasteiger partial charge in [-0.15, -0.1) is 0 Å². The first-order chi connectivity index (χ1) is 10.1. The van der Waals surface area contributed by atoms with Gasteiger partial charge in [0.1, 0.15) is 6.61 Å². The van der Waals surface area contributed by atoms with Crippen LogP contribution in [0.4, 0.5) is 4.79 Å². The highest BCUT2D eigenvalue weighted by Crippen LogP contribution is 2.34. The van der Waals surface area contributed by atoms with Crippen molar-refractivity contribution in [3.8, 4) is 0 Å². The molecule has 3 rings (SSSR count). The van der Waals surface area contributed by atoms with Gasteiger partial charge in [-0.05, 0) is 38.5 Å². The first kappa shape index (κ1) is 15.1. The summed E-state index contributed by atoms with van der Waals surface area (Å²) >= 11 is 0. The molecule has 21 heavy (non-hydrogen) atoms. The molecule has 0 N–H and O–H groups in total. The van der Waals surface area contributed by atoms with E-state index in [-0.39, 0.29) is 24.0 Å². The van der Waals surface area contributed by atoms with E-state index in [0.29, 0.717) is 6.54 Å². The smallest absolute Gasteiger partial charge is 0.409 e. The summed E-state index contributed by atoms with van der Waals surface area (Å²) in [4.78, 5) is 13.6. The number of rotatable bonds is 4. The highest BCUT2D eigenvalue weighted by atomic mass is 32.2. The van der Waals surface area contributed by atoms with Crippen molar-refractivity contribution < 1.29 is 17.9 Å².